The molecule has 3 aliphatic rings. The highest BCUT2D eigenvalue weighted by Gasteiger charge is 2.34. The van der Waals surface area contributed by atoms with E-state index in [2.05, 4.69) is 80.1 Å². The number of nitrogens with one attached hydrogen (secondary N) is 1. The number of halogens is 1. The van der Waals surface area contributed by atoms with Gasteiger partial charge in [0.05, 0.1) is 11.4 Å². The maximum absolute atomic E-state index is 4.27. The van der Waals surface area contributed by atoms with E-state index in [-0.39, 0.29) is 0 Å². The fourth-order valence-corrected chi connectivity index (χ4v) is 5.76. The smallest absolute Gasteiger partial charge is 0.103 e. The Morgan fingerprint density at radius 2 is 1.81 bits per heavy atom. The van der Waals surface area contributed by atoms with Crippen molar-refractivity contribution >= 4 is 27.3 Å². The summed E-state index contributed by atoms with van der Waals surface area (Å²) in [5.74, 6) is 1.03. The van der Waals surface area contributed by atoms with Gasteiger partial charge in [-0.05, 0) is 61.4 Å². The monoisotopic (exact) mass is 423 g/mol. The number of likely N-dealkylation sites (tertiary alicyclic amines) is 1. The van der Waals surface area contributed by atoms with Crippen molar-refractivity contribution in [1.82, 2.24) is 4.90 Å². The van der Waals surface area contributed by atoms with Crippen LogP contribution in [0.4, 0.5) is 11.4 Å². The lowest BCUT2D eigenvalue weighted by molar-refractivity contribution is 0.138. The van der Waals surface area contributed by atoms with Crippen LogP contribution in [0.2, 0.25) is 0 Å². The summed E-state index contributed by atoms with van der Waals surface area (Å²) < 4.78 is 1.29. The Balaban J connectivity index is 1.32. The van der Waals surface area contributed by atoms with Crippen LogP contribution < -0.4 is 10.2 Å². The molecule has 1 aliphatic carbocycles. The van der Waals surface area contributed by atoms with Gasteiger partial charge in [0.15, 0.2) is 0 Å². The average molecular weight is 424 g/mol. The minimum atomic E-state index is 0.537. The van der Waals surface area contributed by atoms with E-state index >= 15 is 0 Å². The van der Waals surface area contributed by atoms with Crippen LogP contribution in [-0.4, -0.2) is 24.0 Å². The minimum Gasteiger partial charge on any atom is -0.340 e. The van der Waals surface area contributed by atoms with E-state index in [1.54, 1.807) is 5.56 Å². The van der Waals surface area contributed by atoms with Crippen molar-refractivity contribution in [1.29, 1.82) is 0 Å². The van der Waals surface area contributed by atoms with E-state index in [1.165, 1.54) is 53.5 Å². The predicted octanol–water partition coefficient (Wildman–Crippen LogP) is 5.69. The van der Waals surface area contributed by atoms with E-state index in [4.69, 9.17) is 0 Å². The Morgan fingerprint density at radius 1 is 1.00 bits per heavy atom. The summed E-state index contributed by atoms with van der Waals surface area (Å²) in [4.78, 5) is 5.15. The van der Waals surface area contributed by atoms with Crippen molar-refractivity contribution < 1.29 is 0 Å². The number of piperidine rings is 1. The third-order valence-corrected chi connectivity index (χ3v) is 7.20. The Bertz CT molecular complexity index is 870. The SMILES string of the molecule is C=C1Nc2ccccc2N1C1CCN(C2CCCc3c(Br)cccc32)CC1. The largest absolute Gasteiger partial charge is 0.340 e. The van der Waals surface area contributed by atoms with E-state index in [9.17, 15) is 0 Å². The number of hydrogen-bond acceptors (Lipinski definition) is 3. The lowest BCUT2D eigenvalue weighted by atomic mass is 9.85. The number of rotatable bonds is 2. The molecule has 2 aromatic rings. The van der Waals surface area contributed by atoms with Crippen LogP contribution in [-0.2, 0) is 6.42 Å². The molecule has 1 unspecified atom stereocenters. The van der Waals surface area contributed by atoms with Gasteiger partial charge in [0.25, 0.3) is 0 Å². The van der Waals surface area contributed by atoms with Crippen LogP contribution in [0.15, 0.2) is 59.3 Å². The maximum Gasteiger partial charge on any atom is 0.103 e. The average Bonchev–Trinajstić information content (AvgIpc) is 3.04. The molecule has 2 aliphatic heterocycles. The summed E-state index contributed by atoms with van der Waals surface area (Å²) in [6, 6.07) is 16.4. The lowest BCUT2D eigenvalue weighted by Gasteiger charge is -2.43. The maximum atomic E-state index is 4.27. The molecule has 0 saturated carbocycles. The number of para-hydroxylation sites is 2. The van der Waals surface area contributed by atoms with Crippen LogP contribution in [0, 0.1) is 0 Å². The predicted molar refractivity (Wildman–Crippen MR) is 116 cm³/mol. The third kappa shape index (κ3) is 2.99. The molecule has 0 amide bonds. The first kappa shape index (κ1) is 17.3. The summed E-state index contributed by atoms with van der Waals surface area (Å²) in [7, 11) is 0. The summed E-state index contributed by atoms with van der Waals surface area (Å²) in [5, 5.41) is 3.45. The number of benzene rings is 2. The fourth-order valence-electron chi connectivity index (χ4n) is 5.18. The Kier molecular flexibility index (Phi) is 4.49. The lowest BCUT2D eigenvalue weighted by Crippen LogP contribution is -2.45. The van der Waals surface area contributed by atoms with Crippen LogP contribution in [0.25, 0.3) is 0 Å². The summed E-state index contributed by atoms with van der Waals surface area (Å²) in [6.07, 6.45) is 6.17. The Morgan fingerprint density at radius 3 is 2.67 bits per heavy atom. The second-order valence-corrected chi connectivity index (χ2v) is 8.80. The van der Waals surface area contributed by atoms with Gasteiger partial charge in [-0.3, -0.25) is 4.90 Å². The third-order valence-electron chi connectivity index (χ3n) is 6.46. The van der Waals surface area contributed by atoms with E-state index in [0.717, 1.165) is 18.9 Å². The van der Waals surface area contributed by atoms with Crippen LogP contribution in [0.1, 0.15) is 42.9 Å². The molecule has 0 bridgehead atoms. The summed E-state index contributed by atoms with van der Waals surface area (Å²) in [5.41, 5.74) is 5.55. The van der Waals surface area contributed by atoms with Gasteiger partial charge in [0.2, 0.25) is 0 Å². The minimum absolute atomic E-state index is 0.537. The topological polar surface area (TPSA) is 18.5 Å². The number of fused-ring (bicyclic) bond motifs is 2. The van der Waals surface area contributed by atoms with Crippen LogP contribution >= 0.6 is 15.9 Å². The molecule has 140 valence electrons. The zero-order chi connectivity index (χ0) is 18.4. The van der Waals surface area contributed by atoms with E-state index in [0.29, 0.717) is 12.1 Å². The zero-order valence-corrected chi connectivity index (χ0v) is 17.2. The molecule has 27 heavy (non-hydrogen) atoms. The van der Waals surface area contributed by atoms with Crippen molar-refractivity contribution in [2.45, 2.75) is 44.2 Å². The normalized spacial score (nSPS) is 23.1. The molecule has 0 aromatic heterocycles. The highest BCUT2D eigenvalue weighted by molar-refractivity contribution is 9.10. The highest BCUT2D eigenvalue weighted by Crippen LogP contribution is 2.42. The molecular weight excluding hydrogens is 398 g/mol. The summed E-state index contributed by atoms with van der Waals surface area (Å²) >= 11 is 3.77. The van der Waals surface area contributed by atoms with Gasteiger partial charge in [-0.2, -0.15) is 0 Å². The molecule has 0 radical (unpaired) electrons. The van der Waals surface area contributed by atoms with Crippen LogP contribution in [0.5, 0.6) is 0 Å². The molecule has 4 heteroatoms. The number of anilines is 2. The van der Waals surface area contributed by atoms with Crippen molar-refractivity contribution in [3.05, 3.63) is 70.5 Å². The molecule has 0 spiro atoms. The Hall–Kier alpha value is -1.78. The van der Waals surface area contributed by atoms with Crippen molar-refractivity contribution in [3.63, 3.8) is 0 Å². The van der Waals surface area contributed by atoms with E-state index < -0.39 is 0 Å². The molecule has 2 heterocycles. The molecule has 1 fully saturated rings. The number of nitrogens with zero attached hydrogens (tertiary/aromatic N) is 2. The zero-order valence-electron chi connectivity index (χ0n) is 15.6. The second-order valence-electron chi connectivity index (χ2n) is 7.94. The van der Waals surface area contributed by atoms with Crippen molar-refractivity contribution in [2.24, 2.45) is 0 Å². The van der Waals surface area contributed by atoms with Gasteiger partial charge in [-0.15, -0.1) is 0 Å². The van der Waals surface area contributed by atoms with E-state index in [1.807, 2.05) is 0 Å². The molecule has 1 saturated heterocycles. The molecule has 1 atom stereocenters. The van der Waals surface area contributed by atoms with Gasteiger partial charge in [0, 0.05) is 29.6 Å². The van der Waals surface area contributed by atoms with Crippen molar-refractivity contribution in [2.75, 3.05) is 23.3 Å². The number of hydrogen-bond donors (Lipinski definition) is 1. The first-order valence-electron chi connectivity index (χ1n) is 10.1. The Labute approximate surface area is 170 Å². The van der Waals surface area contributed by atoms with Gasteiger partial charge < -0.3 is 10.2 Å². The second kappa shape index (κ2) is 6.99. The first-order chi connectivity index (χ1) is 13.2. The standard InChI is InChI=1S/C23H26BrN3/c1-16-25-21-9-2-3-10-23(21)27(16)17-12-14-26(15-13-17)22-11-5-6-18-19(22)7-4-8-20(18)24/h2-4,7-10,17,22,25H,1,5-6,11-15H2. The molecule has 3 nitrogen and oxygen atoms in total. The first-order valence-corrected chi connectivity index (χ1v) is 10.9. The van der Waals surface area contributed by atoms with Gasteiger partial charge in [-0.1, -0.05) is 46.8 Å². The molecular formula is C23H26BrN3. The van der Waals surface area contributed by atoms with Gasteiger partial charge in [-0.25, -0.2) is 0 Å². The molecule has 5 rings (SSSR count). The van der Waals surface area contributed by atoms with Gasteiger partial charge >= 0.3 is 0 Å². The van der Waals surface area contributed by atoms with Gasteiger partial charge in [0.1, 0.15) is 5.82 Å². The van der Waals surface area contributed by atoms with Crippen molar-refractivity contribution in [3.8, 4) is 0 Å². The van der Waals surface area contributed by atoms with Crippen LogP contribution in [0.3, 0.4) is 0 Å². The molecule has 2 aromatic carbocycles. The molecule has 1 N–H and O–H groups in total. The quantitative estimate of drug-likeness (QED) is 0.668. The fraction of sp³-hybridized carbons (Fsp3) is 0.391. The highest BCUT2D eigenvalue weighted by atomic mass is 79.9. The summed E-state index contributed by atoms with van der Waals surface area (Å²) in [6.45, 7) is 6.59.